The monoisotopic (exact) mass is 170 g/mol. The van der Waals surface area contributed by atoms with E-state index in [1.54, 1.807) is 0 Å². The maximum atomic E-state index is 10.7. The fraction of sp³-hybridized carbons (Fsp3) is 0.889. The van der Waals surface area contributed by atoms with E-state index in [9.17, 15) is 4.79 Å². The van der Waals surface area contributed by atoms with Gasteiger partial charge in [0.15, 0.2) is 0 Å². The fourth-order valence-corrected chi connectivity index (χ4v) is 2.26. The molecule has 68 valence electrons. The summed E-state index contributed by atoms with van der Waals surface area (Å²) in [5.74, 6) is 0.296. The predicted octanol–water partition coefficient (Wildman–Crippen LogP) is 1.12. The Morgan fingerprint density at radius 2 is 2.33 bits per heavy atom. The van der Waals surface area contributed by atoms with Gasteiger partial charge in [0.2, 0.25) is 0 Å². The van der Waals surface area contributed by atoms with E-state index in [0.29, 0.717) is 18.6 Å². The van der Waals surface area contributed by atoms with Gasteiger partial charge in [0.1, 0.15) is 6.10 Å². The second kappa shape index (κ2) is 3.05. The molecule has 0 amide bonds. The van der Waals surface area contributed by atoms with Crippen LogP contribution in [0.25, 0.3) is 0 Å². The minimum absolute atomic E-state index is 0.0370. The Hall–Kier alpha value is -0.570. The SMILES string of the molecule is CC(=O)OC1COC2CCCC21. The van der Waals surface area contributed by atoms with E-state index in [4.69, 9.17) is 9.47 Å². The molecule has 0 N–H and O–H groups in total. The minimum Gasteiger partial charge on any atom is -0.460 e. The zero-order valence-electron chi connectivity index (χ0n) is 7.29. The van der Waals surface area contributed by atoms with E-state index in [0.717, 1.165) is 12.8 Å². The maximum Gasteiger partial charge on any atom is 0.302 e. The normalized spacial score (nSPS) is 39.6. The number of rotatable bonds is 1. The van der Waals surface area contributed by atoms with Gasteiger partial charge in [-0.1, -0.05) is 6.42 Å². The molecule has 2 fully saturated rings. The van der Waals surface area contributed by atoms with Crippen molar-refractivity contribution >= 4 is 5.97 Å². The molecule has 0 aromatic rings. The van der Waals surface area contributed by atoms with Gasteiger partial charge in [-0.05, 0) is 12.8 Å². The molecule has 3 heteroatoms. The molecule has 0 radical (unpaired) electrons. The van der Waals surface area contributed by atoms with Crippen LogP contribution < -0.4 is 0 Å². The Morgan fingerprint density at radius 1 is 1.50 bits per heavy atom. The molecule has 0 spiro atoms. The Balaban J connectivity index is 1.95. The predicted molar refractivity (Wildman–Crippen MR) is 42.6 cm³/mol. The van der Waals surface area contributed by atoms with E-state index < -0.39 is 0 Å². The van der Waals surface area contributed by atoms with E-state index in [1.165, 1.54) is 13.3 Å². The van der Waals surface area contributed by atoms with Crippen LogP contribution in [0.3, 0.4) is 0 Å². The van der Waals surface area contributed by atoms with E-state index in [2.05, 4.69) is 0 Å². The van der Waals surface area contributed by atoms with Gasteiger partial charge in [-0.15, -0.1) is 0 Å². The topological polar surface area (TPSA) is 35.5 Å². The van der Waals surface area contributed by atoms with Crippen molar-refractivity contribution in [2.75, 3.05) is 6.61 Å². The minimum atomic E-state index is -0.184. The van der Waals surface area contributed by atoms with Crippen LogP contribution in [0, 0.1) is 5.92 Å². The van der Waals surface area contributed by atoms with Crippen molar-refractivity contribution in [3.63, 3.8) is 0 Å². The molecule has 12 heavy (non-hydrogen) atoms. The van der Waals surface area contributed by atoms with Crippen LogP contribution in [0.2, 0.25) is 0 Å². The average Bonchev–Trinajstić information content (AvgIpc) is 2.52. The van der Waals surface area contributed by atoms with E-state index >= 15 is 0 Å². The first kappa shape index (κ1) is 8.05. The third-order valence-corrected chi connectivity index (χ3v) is 2.77. The standard InChI is InChI=1S/C9H14O3/c1-6(10)12-9-5-11-8-4-2-3-7(8)9/h7-9H,2-5H2,1H3. The molecular weight excluding hydrogens is 156 g/mol. The van der Waals surface area contributed by atoms with Gasteiger partial charge in [0.05, 0.1) is 12.7 Å². The number of hydrogen-bond donors (Lipinski definition) is 0. The number of carbonyl (C=O) groups excluding carboxylic acids is 1. The van der Waals surface area contributed by atoms with Crippen molar-refractivity contribution in [3.8, 4) is 0 Å². The number of ether oxygens (including phenoxy) is 2. The number of esters is 1. The van der Waals surface area contributed by atoms with Crippen LogP contribution in [0.1, 0.15) is 26.2 Å². The molecule has 1 heterocycles. The van der Waals surface area contributed by atoms with Crippen LogP contribution in [-0.2, 0) is 14.3 Å². The Bertz CT molecular complexity index is 190. The van der Waals surface area contributed by atoms with Gasteiger partial charge in [-0.25, -0.2) is 0 Å². The summed E-state index contributed by atoms with van der Waals surface area (Å²) in [4.78, 5) is 10.7. The molecule has 2 aliphatic rings. The van der Waals surface area contributed by atoms with Crippen LogP contribution in [0.5, 0.6) is 0 Å². The molecular formula is C9H14O3. The Labute approximate surface area is 72.0 Å². The zero-order valence-corrected chi connectivity index (χ0v) is 7.29. The molecule has 1 aliphatic heterocycles. The number of carbonyl (C=O) groups is 1. The van der Waals surface area contributed by atoms with E-state index in [-0.39, 0.29) is 12.1 Å². The molecule has 1 saturated carbocycles. The molecule has 2 rings (SSSR count). The summed E-state index contributed by atoms with van der Waals surface area (Å²) in [5.41, 5.74) is 0. The van der Waals surface area contributed by atoms with E-state index in [1.807, 2.05) is 0 Å². The summed E-state index contributed by atoms with van der Waals surface area (Å²) in [5, 5.41) is 0. The zero-order chi connectivity index (χ0) is 8.55. The van der Waals surface area contributed by atoms with Crippen LogP contribution in [0.4, 0.5) is 0 Å². The van der Waals surface area contributed by atoms with Gasteiger partial charge in [0, 0.05) is 12.8 Å². The van der Waals surface area contributed by atoms with Crippen molar-refractivity contribution < 1.29 is 14.3 Å². The van der Waals surface area contributed by atoms with Crippen molar-refractivity contribution in [1.82, 2.24) is 0 Å². The van der Waals surface area contributed by atoms with Crippen molar-refractivity contribution in [2.45, 2.75) is 38.4 Å². The van der Waals surface area contributed by atoms with Crippen LogP contribution in [0.15, 0.2) is 0 Å². The van der Waals surface area contributed by atoms with Gasteiger partial charge in [-0.2, -0.15) is 0 Å². The lowest BCUT2D eigenvalue weighted by molar-refractivity contribution is -0.147. The van der Waals surface area contributed by atoms with Gasteiger partial charge in [0.25, 0.3) is 0 Å². The first-order chi connectivity index (χ1) is 5.77. The molecule has 0 aromatic carbocycles. The summed E-state index contributed by atoms with van der Waals surface area (Å²) in [7, 11) is 0. The highest BCUT2D eigenvalue weighted by atomic mass is 16.6. The summed E-state index contributed by atoms with van der Waals surface area (Å²) in [6.07, 6.45) is 3.92. The maximum absolute atomic E-state index is 10.7. The Morgan fingerprint density at radius 3 is 3.08 bits per heavy atom. The molecule has 1 saturated heterocycles. The second-order valence-corrected chi connectivity index (χ2v) is 3.61. The summed E-state index contributed by atoms with van der Waals surface area (Å²) < 4.78 is 10.7. The molecule has 0 bridgehead atoms. The highest BCUT2D eigenvalue weighted by Crippen LogP contribution is 2.37. The summed E-state index contributed by atoms with van der Waals surface area (Å²) >= 11 is 0. The summed E-state index contributed by atoms with van der Waals surface area (Å²) in [6, 6.07) is 0. The van der Waals surface area contributed by atoms with Crippen molar-refractivity contribution in [3.05, 3.63) is 0 Å². The average molecular weight is 170 g/mol. The number of fused-ring (bicyclic) bond motifs is 1. The largest absolute Gasteiger partial charge is 0.460 e. The highest BCUT2D eigenvalue weighted by Gasteiger charge is 2.41. The number of hydrogen-bond acceptors (Lipinski definition) is 3. The molecule has 0 aromatic heterocycles. The molecule has 1 aliphatic carbocycles. The smallest absolute Gasteiger partial charge is 0.302 e. The van der Waals surface area contributed by atoms with Crippen molar-refractivity contribution in [1.29, 1.82) is 0 Å². The first-order valence-electron chi connectivity index (χ1n) is 4.56. The van der Waals surface area contributed by atoms with Gasteiger partial charge in [-0.3, -0.25) is 4.79 Å². The first-order valence-corrected chi connectivity index (χ1v) is 4.56. The Kier molecular flexibility index (Phi) is 2.05. The summed E-state index contributed by atoms with van der Waals surface area (Å²) in [6.45, 7) is 2.07. The lowest BCUT2D eigenvalue weighted by Gasteiger charge is -2.15. The molecule has 3 unspecified atom stereocenters. The van der Waals surface area contributed by atoms with Crippen LogP contribution in [-0.4, -0.2) is 24.8 Å². The highest BCUT2D eigenvalue weighted by molar-refractivity contribution is 5.66. The van der Waals surface area contributed by atoms with Crippen molar-refractivity contribution in [2.24, 2.45) is 5.92 Å². The third-order valence-electron chi connectivity index (χ3n) is 2.77. The third kappa shape index (κ3) is 1.33. The lowest BCUT2D eigenvalue weighted by atomic mass is 10.0. The second-order valence-electron chi connectivity index (χ2n) is 3.61. The quantitative estimate of drug-likeness (QED) is 0.553. The molecule has 3 atom stereocenters. The van der Waals surface area contributed by atoms with Gasteiger partial charge < -0.3 is 9.47 Å². The lowest BCUT2D eigenvalue weighted by Crippen LogP contribution is -2.24. The molecule has 3 nitrogen and oxygen atoms in total. The van der Waals surface area contributed by atoms with Crippen LogP contribution >= 0.6 is 0 Å². The van der Waals surface area contributed by atoms with Gasteiger partial charge >= 0.3 is 5.97 Å². The fourth-order valence-electron chi connectivity index (χ4n) is 2.26.